The second-order valence-electron chi connectivity index (χ2n) is 4.84. The monoisotopic (exact) mass is 251 g/mol. The Balaban J connectivity index is 2.84. The molecule has 0 aliphatic rings. The van der Waals surface area contributed by atoms with Gasteiger partial charge >= 0.3 is 0 Å². The zero-order chi connectivity index (χ0) is 13.4. The highest BCUT2D eigenvalue weighted by Crippen LogP contribution is 2.33. The molecule has 0 fully saturated rings. The van der Waals surface area contributed by atoms with Gasteiger partial charge in [0.25, 0.3) is 0 Å². The van der Waals surface area contributed by atoms with Gasteiger partial charge in [0.05, 0.1) is 11.6 Å². The molecule has 4 nitrogen and oxygen atoms in total. The van der Waals surface area contributed by atoms with Crippen LogP contribution in [0.15, 0.2) is 25.3 Å². The third-order valence-electron chi connectivity index (χ3n) is 3.57. The molecule has 0 saturated carbocycles. The van der Waals surface area contributed by atoms with Gasteiger partial charge in [0.1, 0.15) is 12.7 Å². The van der Waals surface area contributed by atoms with Gasteiger partial charge in [-0.1, -0.05) is 39.2 Å². The van der Waals surface area contributed by atoms with Crippen molar-refractivity contribution in [1.29, 1.82) is 0 Å². The van der Waals surface area contributed by atoms with E-state index in [1.165, 1.54) is 19.2 Å². The summed E-state index contributed by atoms with van der Waals surface area (Å²) in [6.45, 7) is 7.94. The summed E-state index contributed by atoms with van der Waals surface area (Å²) in [6.07, 6.45) is 10.7. The Morgan fingerprint density at radius 2 is 2.22 bits per heavy atom. The molecule has 0 bridgehead atoms. The highest BCUT2D eigenvalue weighted by atomic mass is 16.3. The van der Waals surface area contributed by atoms with Gasteiger partial charge in [-0.3, -0.25) is 0 Å². The maximum atomic E-state index is 10.8. The number of aliphatic hydroxyl groups is 1. The first-order valence-electron chi connectivity index (χ1n) is 6.85. The second-order valence-corrected chi connectivity index (χ2v) is 4.84. The maximum Gasteiger partial charge on any atom is 0.137 e. The molecule has 0 saturated heterocycles. The Hall–Kier alpha value is -1.16. The normalized spacial score (nSPS) is 16.2. The molecule has 102 valence electrons. The fraction of sp³-hybridized carbons (Fsp3) is 0.714. The highest BCUT2D eigenvalue weighted by Gasteiger charge is 2.35. The van der Waals surface area contributed by atoms with Crippen molar-refractivity contribution in [1.82, 2.24) is 14.8 Å². The first kappa shape index (κ1) is 14.9. The van der Waals surface area contributed by atoms with Crippen molar-refractivity contribution in [3.05, 3.63) is 25.3 Å². The zero-order valence-corrected chi connectivity index (χ0v) is 11.5. The summed E-state index contributed by atoms with van der Waals surface area (Å²) in [5.41, 5.74) is -0.775. The summed E-state index contributed by atoms with van der Waals surface area (Å²) in [4.78, 5) is 3.99. The molecular weight excluding hydrogens is 226 g/mol. The summed E-state index contributed by atoms with van der Waals surface area (Å²) in [6, 6.07) is -0.0189. The molecule has 1 heterocycles. The average Bonchev–Trinajstić information content (AvgIpc) is 2.88. The lowest BCUT2D eigenvalue weighted by Crippen LogP contribution is -2.39. The van der Waals surface area contributed by atoms with Crippen LogP contribution in [0.2, 0.25) is 0 Å². The Bertz CT molecular complexity index is 337. The number of unbranched alkanes of at least 4 members (excludes halogenated alkanes) is 2. The van der Waals surface area contributed by atoms with Crippen LogP contribution in [-0.4, -0.2) is 25.5 Å². The summed E-state index contributed by atoms with van der Waals surface area (Å²) < 4.78 is 1.79. The van der Waals surface area contributed by atoms with Gasteiger partial charge in [-0.25, -0.2) is 9.67 Å². The molecule has 0 radical (unpaired) electrons. The lowest BCUT2D eigenvalue weighted by atomic mass is 9.85. The largest absolute Gasteiger partial charge is 0.387 e. The van der Waals surface area contributed by atoms with Crippen molar-refractivity contribution in [2.75, 3.05) is 0 Å². The van der Waals surface area contributed by atoms with Crippen LogP contribution in [0.4, 0.5) is 0 Å². The molecule has 1 N–H and O–H groups in total. The summed E-state index contributed by atoms with van der Waals surface area (Å²) in [5.74, 6) is 0. The minimum Gasteiger partial charge on any atom is -0.387 e. The van der Waals surface area contributed by atoms with Gasteiger partial charge in [-0.15, -0.1) is 6.58 Å². The predicted molar refractivity (Wildman–Crippen MR) is 73.3 cm³/mol. The van der Waals surface area contributed by atoms with Crippen LogP contribution < -0.4 is 0 Å². The van der Waals surface area contributed by atoms with Crippen LogP contribution in [0.1, 0.15) is 58.4 Å². The summed E-state index contributed by atoms with van der Waals surface area (Å²) in [5, 5.41) is 15.0. The average molecular weight is 251 g/mol. The van der Waals surface area contributed by atoms with Gasteiger partial charge in [-0.05, 0) is 19.3 Å². The molecule has 0 aliphatic carbocycles. The summed E-state index contributed by atoms with van der Waals surface area (Å²) in [7, 11) is 0. The third kappa shape index (κ3) is 3.67. The van der Waals surface area contributed by atoms with Crippen molar-refractivity contribution in [2.24, 2.45) is 0 Å². The molecule has 0 aromatic carbocycles. The Labute approximate surface area is 110 Å². The van der Waals surface area contributed by atoms with Crippen LogP contribution in [-0.2, 0) is 0 Å². The van der Waals surface area contributed by atoms with Crippen LogP contribution >= 0.6 is 0 Å². The van der Waals surface area contributed by atoms with E-state index < -0.39 is 5.60 Å². The van der Waals surface area contributed by atoms with Gasteiger partial charge < -0.3 is 5.11 Å². The zero-order valence-electron chi connectivity index (χ0n) is 11.5. The van der Waals surface area contributed by atoms with Crippen molar-refractivity contribution >= 4 is 0 Å². The molecule has 0 spiro atoms. The number of hydrogen-bond acceptors (Lipinski definition) is 3. The smallest absolute Gasteiger partial charge is 0.137 e. The second kappa shape index (κ2) is 7.31. The van der Waals surface area contributed by atoms with Crippen molar-refractivity contribution in [3.63, 3.8) is 0 Å². The van der Waals surface area contributed by atoms with E-state index in [0.717, 1.165) is 12.8 Å². The molecule has 18 heavy (non-hydrogen) atoms. The first-order chi connectivity index (χ1) is 8.68. The Kier molecular flexibility index (Phi) is 6.05. The van der Waals surface area contributed by atoms with E-state index in [4.69, 9.17) is 0 Å². The van der Waals surface area contributed by atoms with E-state index >= 15 is 0 Å². The molecule has 1 rings (SSSR count). The van der Waals surface area contributed by atoms with Crippen molar-refractivity contribution in [2.45, 2.75) is 64.0 Å². The molecule has 2 unspecified atom stereocenters. The third-order valence-corrected chi connectivity index (χ3v) is 3.57. The molecule has 4 heteroatoms. The fourth-order valence-corrected chi connectivity index (χ4v) is 2.38. The Morgan fingerprint density at radius 3 is 2.72 bits per heavy atom. The predicted octanol–water partition coefficient (Wildman–Crippen LogP) is 3.12. The van der Waals surface area contributed by atoms with Crippen LogP contribution in [0.25, 0.3) is 0 Å². The van der Waals surface area contributed by atoms with E-state index in [0.29, 0.717) is 12.8 Å². The highest BCUT2D eigenvalue weighted by molar-refractivity contribution is 4.94. The minimum absolute atomic E-state index is 0.0189. The van der Waals surface area contributed by atoms with Crippen LogP contribution in [0.3, 0.4) is 0 Å². The molecule has 1 aromatic rings. The van der Waals surface area contributed by atoms with E-state index in [1.54, 1.807) is 17.1 Å². The lowest BCUT2D eigenvalue weighted by molar-refractivity contribution is -0.0221. The number of aromatic nitrogens is 3. The topological polar surface area (TPSA) is 50.9 Å². The molecule has 0 aliphatic heterocycles. The van der Waals surface area contributed by atoms with Gasteiger partial charge in [-0.2, -0.15) is 5.10 Å². The number of hydrogen-bond donors (Lipinski definition) is 1. The van der Waals surface area contributed by atoms with Crippen molar-refractivity contribution < 1.29 is 5.11 Å². The van der Waals surface area contributed by atoms with Gasteiger partial charge in [0.15, 0.2) is 0 Å². The number of nitrogens with zero attached hydrogens (tertiary/aromatic N) is 3. The lowest BCUT2D eigenvalue weighted by Gasteiger charge is -2.34. The summed E-state index contributed by atoms with van der Waals surface area (Å²) >= 11 is 0. The van der Waals surface area contributed by atoms with Crippen LogP contribution in [0.5, 0.6) is 0 Å². The van der Waals surface area contributed by atoms with E-state index in [1.807, 2.05) is 6.92 Å². The quantitative estimate of drug-likeness (QED) is 0.542. The first-order valence-corrected chi connectivity index (χ1v) is 6.85. The number of rotatable bonds is 9. The Morgan fingerprint density at radius 1 is 1.44 bits per heavy atom. The fourth-order valence-electron chi connectivity index (χ4n) is 2.38. The molecule has 1 aromatic heterocycles. The molecule has 0 amide bonds. The SMILES string of the molecule is C=CCC(O)(CC)C(CCCCC)n1cncn1. The standard InChI is InChI=1S/C14H25N3O/c1-4-7-8-9-13(17-12-15-11-16-17)14(18,6-3)10-5-2/h5,11-13,18H,2,4,6-10H2,1,3H3. The molecular formula is C14H25N3O. The van der Waals surface area contributed by atoms with Gasteiger partial charge in [0.2, 0.25) is 0 Å². The van der Waals surface area contributed by atoms with Crippen molar-refractivity contribution in [3.8, 4) is 0 Å². The van der Waals surface area contributed by atoms with Gasteiger partial charge in [0, 0.05) is 0 Å². The molecule has 2 atom stereocenters. The van der Waals surface area contributed by atoms with E-state index in [2.05, 4.69) is 23.6 Å². The van der Waals surface area contributed by atoms with E-state index in [9.17, 15) is 5.11 Å². The van der Waals surface area contributed by atoms with Crippen LogP contribution in [0, 0.1) is 0 Å². The maximum absolute atomic E-state index is 10.8. The minimum atomic E-state index is -0.775. The van der Waals surface area contributed by atoms with E-state index in [-0.39, 0.29) is 6.04 Å².